The Morgan fingerprint density at radius 3 is 2.21 bits per heavy atom. The lowest BCUT2D eigenvalue weighted by Gasteiger charge is -2.29. The van der Waals surface area contributed by atoms with Crippen molar-refractivity contribution in [1.82, 2.24) is 16.0 Å². The molecule has 1 aliphatic carbocycles. The maximum Gasteiger partial charge on any atom is 0.222 e. The van der Waals surface area contributed by atoms with Crippen LogP contribution in [0.25, 0.3) is 0 Å². The smallest absolute Gasteiger partial charge is 0.222 e. The predicted molar refractivity (Wildman–Crippen MR) is 113 cm³/mol. The number of rotatable bonds is 18. The lowest BCUT2D eigenvalue weighted by molar-refractivity contribution is -0.125. The molecule has 7 nitrogen and oxygen atoms in total. The third kappa shape index (κ3) is 12.5. The van der Waals surface area contributed by atoms with Crippen LogP contribution in [-0.4, -0.2) is 82.4 Å². The number of hydrogen-bond donors (Lipinski definition) is 3. The van der Waals surface area contributed by atoms with E-state index >= 15 is 0 Å². The molecule has 0 aromatic carbocycles. The normalized spacial score (nSPS) is 16.8. The molecule has 0 saturated heterocycles. The van der Waals surface area contributed by atoms with Crippen molar-refractivity contribution in [2.24, 2.45) is 5.92 Å². The van der Waals surface area contributed by atoms with Crippen LogP contribution >= 0.6 is 0 Å². The highest BCUT2D eigenvalue weighted by Gasteiger charge is 2.36. The van der Waals surface area contributed by atoms with Crippen LogP contribution in [0.15, 0.2) is 0 Å². The third-order valence-corrected chi connectivity index (χ3v) is 5.08. The van der Waals surface area contributed by atoms with E-state index in [1.165, 1.54) is 12.8 Å². The SMILES string of the molecule is CC(C)C(=O)NCC(F)C(C)(C)OCCOCCNCCOCCNC1(C)CC1. The summed E-state index contributed by atoms with van der Waals surface area (Å²) in [6.45, 7) is 14.2. The lowest BCUT2D eigenvalue weighted by Crippen LogP contribution is -2.45. The molecule has 172 valence electrons. The van der Waals surface area contributed by atoms with Gasteiger partial charge in [0.25, 0.3) is 0 Å². The van der Waals surface area contributed by atoms with Crippen molar-refractivity contribution in [2.75, 3.05) is 59.2 Å². The minimum atomic E-state index is -1.28. The Labute approximate surface area is 175 Å². The summed E-state index contributed by atoms with van der Waals surface area (Å²) in [7, 11) is 0. The summed E-state index contributed by atoms with van der Waals surface area (Å²) in [5.41, 5.74) is -0.609. The van der Waals surface area contributed by atoms with Crippen molar-refractivity contribution in [2.45, 2.75) is 64.8 Å². The topological polar surface area (TPSA) is 80.9 Å². The van der Waals surface area contributed by atoms with Crippen molar-refractivity contribution in [3.63, 3.8) is 0 Å². The molecule has 29 heavy (non-hydrogen) atoms. The summed E-state index contributed by atoms with van der Waals surface area (Å²) in [4.78, 5) is 11.5. The molecule has 0 spiro atoms. The zero-order valence-corrected chi connectivity index (χ0v) is 18.9. The molecule has 0 aliphatic heterocycles. The fourth-order valence-electron chi connectivity index (χ4n) is 2.50. The number of halogens is 1. The van der Waals surface area contributed by atoms with Gasteiger partial charge in [0.05, 0.1) is 45.2 Å². The summed E-state index contributed by atoms with van der Waals surface area (Å²) in [5.74, 6) is -0.318. The second kappa shape index (κ2) is 13.5. The minimum Gasteiger partial charge on any atom is -0.379 e. The monoisotopic (exact) mass is 419 g/mol. The average molecular weight is 420 g/mol. The number of hydrogen-bond acceptors (Lipinski definition) is 6. The molecule has 0 bridgehead atoms. The molecular formula is C21H42FN3O4. The molecule has 0 heterocycles. The highest BCUT2D eigenvalue weighted by Crippen LogP contribution is 2.33. The zero-order valence-electron chi connectivity index (χ0n) is 18.9. The first-order valence-corrected chi connectivity index (χ1v) is 10.8. The molecule has 1 amide bonds. The molecule has 1 rings (SSSR count). The molecule has 1 unspecified atom stereocenters. The first kappa shape index (κ1) is 26.2. The Morgan fingerprint density at radius 2 is 1.62 bits per heavy atom. The fraction of sp³-hybridized carbons (Fsp3) is 0.952. The zero-order chi connectivity index (χ0) is 21.8. The Balaban J connectivity index is 1.89. The number of alkyl halides is 1. The van der Waals surface area contributed by atoms with E-state index in [9.17, 15) is 9.18 Å². The first-order valence-electron chi connectivity index (χ1n) is 10.8. The number of nitrogens with one attached hydrogen (secondary N) is 3. The summed E-state index contributed by atoms with van der Waals surface area (Å²) < 4.78 is 30.9. The van der Waals surface area contributed by atoms with Gasteiger partial charge in [0.2, 0.25) is 5.91 Å². The van der Waals surface area contributed by atoms with Crippen LogP contribution in [0.1, 0.15) is 47.5 Å². The summed E-state index contributed by atoms with van der Waals surface area (Å²) >= 11 is 0. The van der Waals surface area contributed by atoms with Gasteiger partial charge in [-0.05, 0) is 33.6 Å². The second-order valence-corrected chi connectivity index (χ2v) is 8.78. The average Bonchev–Trinajstić information content (AvgIpc) is 3.40. The van der Waals surface area contributed by atoms with E-state index in [4.69, 9.17) is 14.2 Å². The molecule has 1 saturated carbocycles. The molecule has 0 radical (unpaired) electrons. The van der Waals surface area contributed by atoms with Gasteiger partial charge in [-0.3, -0.25) is 4.79 Å². The van der Waals surface area contributed by atoms with Crippen molar-refractivity contribution >= 4 is 5.91 Å². The van der Waals surface area contributed by atoms with Crippen LogP contribution in [0.3, 0.4) is 0 Å². The van der Waals surface area contributed by atoms with Gasteiger partial charge < -0.3 is 30.2 Å². The quantitative estimate of drug-likeness (QED) is 0.293. The van der Waals surface area contributed by atoms with Gasteiger partial charge in [-0.15, -0.1) is 0 Å². The van der Waals surface area contributed by atoms with Crippen molar-refractivity contribution < 1.29 is 23.4 Å². The Hall–Kier alpha value is -0.800. The standard InChI is InChI=1S/C21H42FN3O4/c1-17(2)19(26)24-16-18(22)20(3,4)29-15-14-28-12-9-23-8-11-27-13-10-25-21(5)6-7-21/h17-18,23,25H,6-16H2,1-5H3,(H,24,26). The fourth-order valence-corrected chi connectivity index (χ4v) is 2.50. The van der Waals surface area contributed by atoms with Crippen LogP contribution in [0, 0.1) is 5.92 Å². The maximum absolute atomic E-state index is 14.3. The van der Waals surface area contributed by atoms with E-state index in [1.54, 1.807) is 27.7 Å². The second-order valence-electron chi connectivity index (χ2n) is 8.78. The van der Waals surface area contributed by atoms with Crippen molar-refractivity contribution in [3.05, 3.63) is 0 Å². The first-order chi connectivity index (χ1) is 13.7. The van der Waals surface area contributed by atoms with E-state index in [0.29, 0.717) is 32.0 Å². The Bertz CT molecular complexity index is 459. The van der Waals surface area contributed by atoms with Crippen molar-refractivity contribution in [1.29, 1.82) is 0 Å². The van der Waals surface area contributed by atoms with E-state index in [0.717, 1.165) is 26.2 Å². The van der Waals surface area contributed by atoms with Crippen molar-refractivity contribution in [3.8, 4) is 0 Å². The molecule has 0 aromatic heterocycles. The van der Waals surface area contributed by atoms with Gasteiger partial charge in [0.15, 0.2) is 0 Å². The predicted octanol–water partition coefficient (Wildman–Crippen LogP) is 1.66. The molecule has 8 heteroatoms. The van der Waals surface area contributed by atoms with Gasteiger partial charge in [-0.2, -0.15) is 0 Å². The van der Waals surface area contributed by atoms with Gasteiger partial charge in [0, 0.05) is 31.1 Å². The highest BCUT2D eigenvalue weighted by molar-refractivity contribution is 5.77. The van der Waals surface area contributed by atoms with E-state index < -0.39 is 11.8 Å². The summed E-state index contributed by atoms with van der Waals surface area (Å²) in [6, 6.07) is 0. The van der Waals surface area contributed by atoms with E-state index in [1.807, 2.05) is 0 Å². The minimum absolute atomic E-state index is 0.0494. The van der Waals surface area contributed by atoms with Gasteiger partial charge in [-0.25, -0.2) is 4.39 Å². The van der Waals surface area contributed by atoms with E-state index in [2.05, 4.69) is 22.9 Å². The number of ether oxygens (including phenoxy) is 3. The summed E-state index contributed by atoms with van der Waals surface area (Å²) in [6.07, 6.45) is 1.25. The highest BCUT2D eigenvalue weighted by atomic mass is 19.1. The molecule has 1 aliphatic rings. The number of carbonyl (C=O) groups is 1. The molecule has 1 fully saturated rings. The van der Waals surface area contributed by atoms with Gasteiger partial charge in [-0.1, -0.05) is 13.8 Å². The number of amides is 1. The van der Waals surface area contributed by atoms with Crippen LogP contribution < -0.4 is 16.0 Å². The van der Waals surface area contributed by atoms with E-state index in [-0.39, 0.29) is 18.4 Å². The van der Waals surface area contributed by atoms with Gasteiger partial charge >= 0.3 is 0 Å². The van der Waals surface area contributed by atoms with Crippen LogP contribution in [0.2, 0.25) is 0 Å². The molecule has 0 aromatic rings. The molecule has 3 N–H and O–H groups in total. The molecular weight excluding hydrogens is 377 g/mol. The lowest BCUT2D eigenvalue weighted by atomic mass is 10.0. The summed E-state index contributed by atoms with van der Waals surface area (Å²) in [5, 5.41) is 9.33. The molecule has 1 atom stereocenters. The Morgan fingerprint density at radius 1 is 1.03 bits per heavy atom. The Kier molecular flexibility index (Phi) is 12.2. The third-order valence-electron chi connectivity index (χ3n) is 5.08. The van der Waals surface area contributed by atoms with Crippen LogP contribution in [0.4, 0.5) is 4.39 Å². The van der Waals surface area contributed by atoms with Crippen LogP contribution in [-0.2, 0) is 19.0 Å². The number of carbonyl (C=O) groups excluding carboxylic acids is 1. The maximum atomic E-state index is 14.3. The largest absolute Gasteiger partial charge is 0.379 e. The van der Waals surface area contributed by atoms with Gasteiger partial charge in [0.1, 0.15) is 6.17 Å². The van der Waals surface area contributed by atoms with Crippen LogP contribution in [0.5, 0.6) is 0 Å².